The highest BCUT2D eigenvalue weighted by Gasteiger charge is 2.19. The number of aryl methyl sites for hydroxylation is 1. The summed E-state index contributed by atoms with van der Waals surface area (Å²) in [7, 11) is 0. The number of aromatic nitrogens is 2. The third-order valence-corrected chi connectivity index (χ3v) is 4.46. The smallest absolute Gasteiger partial charge is 0.337 e. The molecule has 0 atom stereocenters. The maximum absolute atomic E-state index is 12.8. The van der Waals surface area contributed by atoms with Crippen LogP contribution in [-0.4, -0.2) is 26.4 Å². The van der Waals surface area contributed by atoms with Gasteiger partial charge in [0.1, 0.15) is 11.3 Å². The van der Waals surface area contributed by atoms with Crippen molar-refractivity contribution in [3.05, 3.63) is 63.0 Å². The Morgan fingerprint density at radius 1 is 1.32 bits per heavy atom. The molecule has 0 spiro atoms. The average molecular weight is 423 g/mol. The van der Waals surface area contributed by atoms with Gasteiger partial charge in [-0.2, -0.15) is 0 Å². The van der Waals surface area contributed by atoms with E-state index in [1.807, 2.05) is 19.1 Å². The number of nitrogens with one attached hydrogen (secondary N) is 1. The molecule has 25 heavy (non-hydrogen) atoms. The number of benzene rings is 1. The number of anilines is 1. The Labute approximate surface area is 156 Å². The summed E-state index contributed by atoms with van der Waals surface area (Å²) in [6, 6.07) is 7.98. The largest absolute Gasteiger partial charge is 0.478 e. The number of carboxylic acids is 1. The molecule has 3 rings (SSSR count). The number of halogens is 2. The van der Waals surface area contributed by atoms with Gasteiger partial charge >= 0.3 is 5.97 Å². The molecule has 3 aromatic rings. The Bertz CT molecular complexity index is 1000. The van der Waals surface area contributed by atoms with Crippen molar-refractivity contribution in [3.63, 3.8) is 0 Å². The Kier molecular flexibility index (Phi) is 4.78. The van der Waals surface area contributed by atoms with Crippen LogP contribution in [0.2, 0.25) is 5.02 Å². The summed E-state index contributed by atoms with van der Waals surface area (Å²) < 4.78 is 2.51. The van der Waals surface area contributed by atoms with E-state index in [2.05, 4.69) is 26.2 Å². The van der Waals surface area contributed by atoms with Crippen molar-refractivity contribution in [2.24, 2.45) is 0 Å². The Morgan fingerprint density at radius 2 is 2.08 bits per heavy atom. The number of aromatic carboxylic acids is 1. The average Bonchev–Trinajstić information content (AvgIpc) is 2.94. The van der Waals surface area contributed by atoms with Crippen molar-refractivity contribution in [2.45, 2.75) is 13.3 Å². The van der Waals surface area contributed by atoms with Crippen LogP contribution < -0.4 is 5.32 Å². The number of hydrogen-bond donors (Lipinski definition) is 2. The molecule has 2 aromatic heterocycles. The first kappa shape index (κ1) is 17.4. The molecule has 128 valence electrons. The Morgan fingerprint density at radius 3 is 2.76 bits per heavy atom. The normalized spacial score (nSPS) is 10.8. The van der Waals surface area contributed by atoms with Crippen LogP contribution in [0, 0.1) is 0 Å². The lowest BCUT2D eigenvalue weighted by atomic mass is 10.2. The molecule has 6 nitrogen and oxygen atoms in total. The van der Waals surface area contributed by atoms with Gasteiger partial charge in [0.15, 0.2) is 0 Å². The van der Waals surface area contributed by atoms with E-state index in [4.69, 9.17) is 16.7 Å². The molecule has 0 fully saturated rings. The SMILES string of the molecule is CCc1nc2ccc(Br)cn2c1C(=O)Nc1ccc(Cl)c(C(=O)O)c1. The number of carbonyl (C=O) groups excluding carboxylic acids is 1. The molecule has 2 N–H and O–H groups in total. The van der Waals surface area contributed by atoms with Gasteiger partial charge in [-0.05, 0) is 52.7 Å². The zero-order chi connectivity index (χ0) is 18.1. The second-order valence-electron chi connectivity index (χ2n) is 5.29. The molecule has 1 aromatic carbocycles. The zero-order valence-electron chi connectivity index (χ0n) is 13.1. The van der Waals surface area contributed by atoms with Gasteiger partial charge in [-0.1, -0.05) is 18.5 Å². The number of hydrogen-bond acceptors (Lipinski definition) is 3. The van der Waals surface area contributed by atoms with Crippen LogP contribution in [0.15, 0.2) is 41.0 Å². The van der Waals surface area contributed by atoms with E-state index in [-0.39, 0.29) is 16.5 Å². The van der Waals surface area contributed by atoms with Crippen molar-refractivity contribution in [3.8, 4) is 0 Å². The lowest BCUT2D eigenvalue weighted by Gasteiger charge is -2.08. The first-order valence-corrected chi connectivity index (χ1v) is 8.58. The summed E-state index contributed by atoms with van der Waals surface area (Å²) in [5, 5.41) is 12.0. The molecule has 0 saturated heterocycles. The molecule has 0 saturated carbocycles. The molecular formula is C17H13BrClN3O3. The van der Waals surface area contributed by atoms with E-state index < -0.39 is 5.97 Å². The summed E-state index contributed by atoms with van der Waals surface area (Å²) in [5.41, 5.74) is 2.00. The fourth-order valence-corrected chi connectivity index (χ4v) is 3.05. The maximum Gasteiger partial charge on any atom is 0.337 e. The van der Waals surface area contributed by atoms with E-state index in [0.29, 0.717) is 29.1 Å². The molecule has 8 heteroatoms. The van der Waals surface area contributed by atoms with Gasteiger partial charge in [-0.25, -0.2) is 9.78 Å². The topological polar surface area (TPSA) is 83.7 Å². The summed E-state index contributed by atoms with van der Waals surface area (Å²) >= 11 is 9.24. The molecular weight excluding hydrogens is 410 g/mol. The number of imidazole rings is 1. The minimum Gasteiger partial charge on any atom is -0.478 e. The zero-order valence-corrected chi connectivity index (χ0v) is 15.4. The number of nitrogens with zero attached hydrogens (tertiary/aromatic N) is 2. The predicted octanol–water partition coefficient (Wildman–Crippen LogP) is 4.26. The summed E-state index contributed by atoms with van der Waals surface area (Å²) in [4.78, 5) is 28.4. The lowest BCUT2D eigenvalue weighted by molar-refractivity contribution is 0.0696. The van der Waals surface area contributed by atoms with Gasteiger partial charge in [0.2, 0.25) is 0 Å². The number of fused-ring (bicyclic) bond motifs is 1. The van der Waals surface area contributed by atoms with E-state index in [0.717, 1.165) is 4.47 Å². The summed E-state index contributed by atoms with van der Waals surface area (Å²) in [5.74, 6) is -1.53. The minimum absolute atomic E-state index is 0.0731. The summed E-state index contributed by atoms with van der Waals surface area (Å²) in [6.07, 6.45) is 2.35. The van der Waals surface area contributed by atoms with Crippen LogP contribution in [-0.2, 0) is 6.42 Å². The van der Waals surface area contributed by atoms with E-state index in [1.54, 1.807) is 16.7 Å². The van der Waals surface area contributed by atoms with Crippen LogP contribution in [0.4, 0.5) is 5.69 Å². The predicted molar refractivity (Wildman–Crippen MR) is 98.6 cm³/mol. The molecule has 0 aliphatic rings. The standard InChI is InChI=1S/C17H13BrClN3O3/c1-2-13-15(22-8-9(18)3-6-14(22)21-13)16(23)20-10-4-5-12(19)11(7-10)17(24)25/h3-8H,2H2,1H3,(H,20,23)(H,24,25). The molecule has 0 bridgehead atoms. The van der Waals surface area contributed by atoms with E-state index in [1.165, 1.54) is 12.1 Å². The Balaban J connectivity index is 2.02. The lowest BCUT2D eigenvalue weighted by Crippen LogP contribution is -2.16. The number of amides is 1. The molecule has 0 radical (unpaired) electrons. The molecule has 2 heterocycles. The number of carbonyl (C=O) groups is 2. The van der Waals surface area contributed by atoms with Crippen molar-refractivity contribution in [2.75, 3.05) is 5.32 Å². The molecule has 0 aliphatic heterocycles. The van der Waals surface area contributed by atoms with Gasteiger partial charge in [-0.3, -0.25) is 9.20 Å². The highest BCUT2D eigenvalue weighted by molar-refractivity contribution is 9.10. The fraction of sp³-hybridized carbons (Fsp3) is 0.118. The van der Waals surface area contributed by atoms with Crippen LogP contribution in [0.25, 0.3) is 5.65 Å². The van der Waals surface area contributed by atoms with Crippen LogP contribution in [0.1, 0.15) is 33.5 Å². The van der Waals surface area contributed by atoms with Crippen molar-refractivity contribution in [1.29, 1.82) is 0 Å². The number of carboxylic acid groups (broad SMARTS) is 1. The van der Waals surface area contributed by atoms with Crippen LogP contribution in [0.3, 0.4) is 0 Å². The third-order valence-electron chi connectivity index (χ3n) is 3.66. The van der Waals surface area contributed by atoms with E-state index in [9.17, 15) is 9.59 Å². The number of pyridine rings is 1. The van der Waals surface area contributed by atoms with Gasteiger partial charge in [0.05, 0.1) is 16.3 Å². The molecule has 0 aliphatic carbocycles. The second kappa shape index (κ2) is 6.85. The minimum atomic E-state index is -1.16. The van der Waals surface area contributed by atoms with Gasteiger partial charge < -0.3 is 10.4 Å². The quantitative estimate of drug-likeness (QED) is 0.658. The second-order valence-corrected chi connectivity index (χ2v) is 6.61. The van der Waals surface area contributed by atoms with Crippen LogP contribution >= 0.6 is 27.5 Å². The maximum atomic E-state index is 12.8. The highest BCUT2D eigenvalue weighted by Crippen LogP contribution is 2.23. The molecule has 0 unspecified atom stereocenters. The summed E-state index contributed by atoms with van der Waals surface area (Å²) in [6.45, 7) is 1.92. The molecule has 1 amide bonds. The first-order chi connectivity index (χ1) is 11.9. The van der Waals surface area contributed by atoms with Crippen molar-refractivity contribution in [1.82, 2.24) is 9.38 Å². The third kappa shape index (κ3) is 3.38. The van der Waals surface area contributed by atoms with Crippen molar-refractivity contribution < 1.29 is 14.7 Å². The number of rotatable bonds is 4. The fourth-order valence-electron chi connectivity index (χ4n) is 2.51. The van der Waals surface area contributed by atoms with Gasteiger partial charge in [-0.15, -0.1) is 0 Å². The van der Waals surface area contributed by atoms with Crippen molar-refractivity contribution >= 4 is 50.7 Å². The Hall–Kier alpha value is -2.38. The first-order valence-electron chi connectivity index (χ1n) is 7.41. The van der Waals surface area contributed by atoms with E-state index >= 15 is 0 Å². The highest BCUT2D eigenvalue weighted by atomic mass is 79.9. The van der Waals surface area contributed by atoms with Gasteiger partial charge in [0, 0.05) is 16.4 Å². The van der Waals surface area contributed by atoms with Crippen LogP contribution in [0.5, 0.6) is 0 Å². The monoisotopic (exact) mass is 421 g/mol. The van der Waals surface area contributed by atoms with Gasteiger partial charge in [0.25, 0.3) is 5.91 Å².